The molecule has 0 fully saturated rings. The summed E-state index contributed by atoms with van der Waals surface area (Å²) >= 11 is 0. The van der Waals surface area contributed by atoms with Gasteiger partial charge in [0.25, 0.3) is 17.7 Å². The van der Waals surface area contributed by atoms with E-state index in [1.807, 2.05) is 0 Å². The summed E-state index contributed by atoms with van der Waals surface area (Å²) in [5.74, 6) is -1.38. The van der Waals surface area contributed by atoms with Crippen molar-refractivity contribution in [3.8, 4) is 5.75 Å². The molecule has 2 aliphatic rings. The van der Waals surface area contributed by atoms with E-state index in [0.717, 1.165) is 10.5 Å². The van der Waals surface area contributed by atoms with E-state index >= 15 is 0 Å². The van der Waals surface area contributed by atoms with Crippen LogP contribution in [0, 0.1) is 5.82 Å². The molecule has 3 aromatic carbocycles. The van der Waals surface area contributed by atoms with E-state index in [1.165, 1.54) is 17.0 Å². The molecule has 2 heterocycles. The number of hydrogen-bond acceptors (Lipinski definition) is 5. The highest BCUT2D eigenvalue weighted by Crippen LogP contribution is 2.37. The molecule has 0 radical (unpaired) electrons. The first-order valence-electron chi connectivity index (χ1n) is 11.4. The Morgan fingerprint density at radius 3 is 2.28 bits per heavy atom. The van der Waals surface area contributed by atoms with Crippen LogP contribution in [-0.4, -0.2) is 41.2 Å². The van der Waals surface area contributed by atoms with Crippen LogP contribution in [0.2, 0.25) is 0 Å². The predicted molar refractivity (Wildman–Crippen MR) is 129 cm³/mol. The van der Waals surface area contributed by atoms with Crippen LogP contribution in [0.25, 0.3) is 0 Å². The SMILES string of the molecule is CC1Oc2ccc(NC(=O)CCN3C(=O)c4ccccc4C3=O)cc2N(Cc2ccc(F)cc2)C1=O. The molecule has 0 spiro atoms. The number of amides is 4. The van der Waals surface area contributed by atoms with Gasteiger partial charge in [0.05, 0.1) is 23.4 Å². The highest BCUT2D eigenvalue weighted by Gasteiger charge is 2.35. The van der Waals surface area contributed by atoms with Crippen molar-refractivity contribution in [3.05, 3.63) is 89.2 Å². The van der Waals surface area contributed by atoms with Crippen LogP contribution in [0.15, 0.2) is 66.7 Å². The Morgan fingerprint density at radius 1 is 0.944 bits per heavy atom. The van der Waals surface area contributed by atoms with Gasteiger partial charge in [-0.2, -0.15) is 0 Å². The molecule has 9 heteroatoms. The highest BCUT2D eigenvalue weighted by atomic mass is 19.1. The molecule has 182 valence electrons. The Balaban J connectivity index is 1.29. The molecule has 2 aliphatic heterocycles. The topological polar surface area (TPSA) is 96.0 Å². The summed E-state index contributed by atoms with van der Waals surface area (Å²) in [5.41, 5.74) is 2.30. The number of fused-ring (bicyclic) bond motifs is 2. The van der Waals surface area contributed by atoms with Gasteiger partial charge in [0.1, 0.15) is 11.6 Å². The molecule has 1 atom stereocenters. The third-order valence-electron chi connectivity index (χ3n) is 6.15. The number of anilines is 2. The summed E-state index contributed by atoms with van der Waals surface area (Å²) in [6, 6.07) is 17.4. The van der Waals surface area contributed by atoms with Crippen LogP contribution in [0.4, 0.5) is 15.8 Å². The lowest BCUT2D eigenvalue weighted by Gasteiger charge is -2.33. The maximum atomic E-state index is 13.3. The number of nitrogens with one attached hydrogen (secondary N) is 1. The second kappa shape index (κ2) is 9.26. The Kier molecular flexibility index (Phi) is 5.97. The molecule has 0 aliphatic carbocycles. The molecule has 1 N–H and O–H groups in total. The van der Waals surface area contributed by atoms with Gasteiger partial charge >= 0.3 is 0 Å². The van der Waals surface area contributed by atoms with E-state index in [2.05, 4.69) is 5.32 Å². The zero-order valence-corrected chi connectivity index (χ0v) is 19.4. The Bertz CT molecular complexity index is 1350. The second-order valence-corrected chi connectivity index (χ2v) is 8.60. The van der Waals surface area contributed by atoms with E-state index in [-0.39, 0.29) is 31.2 Å². The Hall–Kier alpha value is -4.53. The first-order valence-corrected chi connectivity index (χ1v) is 11.4. The van der Waals surface area contributed by atoms with Crippen molar-refractivity contribution in [3.63, 3.8) is 0 Å². The van der Waals surface area contributed by atoms with Crippen LogP contribution in [0.5, 0.6) is 5.75 Å². The number of nitrogens with zero attached hydrogens (tertiary/aromatic N) is 2. The van der Waals surface area contributed by atoms with Gasteiger partial charge in [-0.15, -0.1) is 0 Å². The van der Waals surface area contributed by atoms with Gasteiger partial charge in [0, 0.05) is 18.7 Å². The summed E-state index contributed by atoms with van der Waals surface area (Å²) in [5, 5.41) is 2.75. The third-order valence-corrected chi connectivity index (χ3v) is 6.15. The first-order chi connectivity index (χ1) is 17.3. The van der Waals surface area contributed by atoms with E-state index in [0.29, 0.717) is 28.3 Å². The summed E-state index contributed by atoms with van der Waals surface area (Å²) < 4.78 is 19.0. The van der Waals surface area contributed by atoms with Crippen molar-refractivity contribution in [2.45, 2.75) is 26.0 Å². The molecule has 0 saturated carbocycles. The summed E-state index contributed by atoms with van der Waals surface area (Å²) in [6.07, 6.45) is -0.785. The lowest BCUT2D eigenvalue weighted by molar-refractivity contribution is -0.125. The molecule has 0 aromatic heterocycles. The number of carbonyl (C=O) groups is 4. The van der Waals surface area contributed by atoms with Crippen LogP contribution in [-0.2, 0) is 16.1 Å². The van der Waals surface area contributed by atoms with Crippen molar-refractivity contribution in [2.24, 2.45) is 0 Å². The van der Waals surface area contributed by atoms with E-state index in [4.69, 9.17) is 4.74 Å². The van der Waals surface area contributed by atoms with Crippen LogP contribution < -0.4 is 15.0 Å². The number of rotatable bonds is 6. The zero-order chi connectivity index (χ0) is 25.4. The minimum atomic E-state index is -0.696. The maximum absolute atomic E-state index is 13.3. The molecule has 3 aromatic rings. The van der Waals surface area contributed by atoms with Crippen molar-refractivity contribution >= 4 is 35.0 Å². The van der Waals surface area contributed by atoms with Crippen molar-refractivity contribution in [1.82, 2.24) is 4.90 Å². The zero-order valence-electron chi connectivity index (χ0n) is 19.4. The number of benzene rings is 3. The molecule has 5 rings (SSSR count). The van der Waals surface area contributed by atoms with Crippen LogP contribution >= 0.6 is 0 Å². The molecule has 8 nitrogen and oxygen atoms in total. The van der Waals surface area contributed by atoms with Crippen molar-refractivity contribution in [2.75, 3.05) is 16.8 Å². The predicted octanol–water partition coefficient (Wildman–Crippen LogP) is 3.76. The van der Waals surface area contributed by atoms with Crippen molar-refractivity contribution < 1.29 is 28.3 Å². The fourth-order valence-electron chi connectivity index (χ4n) is 4.30. The number of imide groups is 1. The summed E-state index contributed by atoms with van der Waals surface area (Å²) in [6.45, 7) is 1.80. The number of hydrogen-bond donors (Lipinski definition) is 1. The quantitative estimate of drug-likeness (QED) is 0.534. The minimum absolute atomic E-state index is 0.0566. The van der Waals surface area contributed by atoms with E-state index < -0.39 is 23.8 Å². The molecular weight excluding hydrogens is 465 g/mol. The van der Waals surface area contributed by atoms with Gasteiger partial charge in [-0.05, 0) is 55.0 Å². The molecule has 1 unspecified atom stereocenters. The Morgan fingerprint density at radius 2 is 1.61 bits per heavy atom. The average molecular weight is 487 g/mol. The van der Waals surface area contributed by atoms with Crippen LogP contribution in [0.3, 0.4) is 0 Å². The smallest absolute Gasteiger partial charge is 0.268 e. The van der Waals surface area contributed by atoms with Gasteiger partial charge in [0.15, 0.2) is 6.10 Å². The highest BCUT2D eigenvalue weighted by molar-refractivity contribution is 6.21. The molecule has 0 saturated heterocycles. The molecular formula is C27H22FN3O5. The third kappa shape index (κ3) is 4.31. The fourth-order valence-corrected chi connectivity index (χ4v) is 4.30. The van der Waals surface area contributed by atoms with E-state index in [9.17, 15) is 23.6 Å². The average Bonchev–Trinajstić information content (AvgIpc) is 3.11. The minimum Gasteiger partial charge on any atom is -0.479 e. The summed E-state index contributed by atoms with van der Waals surface area (Å²) in [7, 11) is 0. The van der Waals surface area contributed by atoms with Gasteiger partial charge in [0.2, 0.25) is 5.91 Å². The molecule has 0 bridgehead atoms. The largest absolute Gasteiger partial charge is 0.479 e. The second-order valence-electron chi connectivity index (χ2n) is 8.60. The van der Waals surface area contributed by atoms with Crippen molar-refractivity contribution in [1.29, 1.82) is 0 Å². The number of halogens is 1. The molecule has 36 heavy (non-hydrogen) atoms. The van der Waals surface area contributed by atoms with Gasteiger partial charge in [-0.25, -0.2) is 4.39 Å². The van der Waals surface area contributed by atoms with E-state index in [1.54, 1.807) is 61.5 Å². The lowest BCUT2D eigenvalue weighted by atomic mass is 10.1. The van der Waals surface area contributed by atoms with Crippen LogP contribution in [0.1, 0.15) is 39.6 Å². The van der Waals surface area contributed by atoms with Gasteiger partial charge < -0.3 is 15.0 Å². The normalized spacial score (nSPS) is 16.5. The first kappa shape index (κ1) is 23.2. The standard InChI is InChI=1S/C27H22FN3O5/c1-16-25(33)31(15-17-6-8-18(28)9-7-17)22-14-19(10-11-23(22)36-16)29-24(32)12-13-30-26(34)20-4-2-3-5-21(20)27(30)35/h2-11,14,16H,12-13,15H2,1H3,(H,29,32). The molecule has 4 amide bonds. The summed E-state index contributed by atoms with van der Waals surface area (Å²) in [4.78, 5) is 53.1. The number of ether oxygens (including phenoxy) is 1. The number of carbonyl (C=O) groups excluding carboxylic acids is 4. The lowest BCUT2D eigenvalue weighted by Crippen LogP contribution is -2.44. The van der Waals surface area contributed by atoms with Gasteiger partial charge in [-0.1, -0.05) is 24.3 Å². The monoisotopic (exact) mass is 487 g/mol. The maximum Gasteiger partial charge on any atom is 0.268 e. The fraction of sp³-hybridized carbons (Fsp3) is 0.185. The Labute approximate surface area is 206 Å². The van der Waals surface area contributed by atoms with Gasteiger partial charge in [-0.3, -0.25) is 24.1 Å².